The maximum absolute atomic E-state index is 12.1. The second-order valence-electron chi connectivity index (χ2n) is 5.81. The second-order valence-corrected chi connectivity index (χ2v) is 6.73. The molecule has 0 saturated heterocycles. The van der Waals surface area contributed by atoms with E-state index in [0.717, 1.165) is 4.47 Å². The Bertz CT molecular complexity index is 988. The van der Waals surface area contributed by atoms with E-state index >= 15 is 0 Å². The molecule has 1 atom stereocenters. The third-order valence-electron chi connectivity index (χ3n) is 4.09. The van der Waals surface area contributed by atoms with E-state index in [4.69, 9.17) is 0 Å². The van der Waals surface area contributed by atoms with Gasteiger partial charge in [0.1, 0.15) is 6.04 Å². The molecule has 2 aromatic carbocycles. The van der Waals surface area contributed by atoms with Gasteiger partial charge in [0.15, 0.2) is 5.82 Å². The molecule has 1 amide bonds. The summed E-state index contributed by atoms with van der Waals surface area (Å²) in [6.07, 6.45) is 0. The molecular formula is C17H15BrN6O3. The van der Waals surface area contributed by atoms with Crippen LogP contribution >= 0.6 is 15.9 Å². The number of carbonyl (C=O) groups is 1. The first kappa shape index (κ1) is 18.6. The average Bonchev–Trinajstić information content (AvgIpc) is 3.12. The van der Waals surface area contributed by atoms with Crippen molar-refractivity contribution >= 4 is 27.5 Å². The molecule has 1 unspecified atom stereocenters. The molecule has 9 nitrogen and oxygen atoms in total. The van der Waals surface area contributed by atoms with Gasteiger partial charge in [-0.3, -0.25) is 14.9 Å². The third kappa shape index (κ3) is 3.85. The van der Waals surface area contributed by atoms with Crippen molar-refractivity contribution in [2.24, 2.45) is 0 Å². The van der Waals surface area contributed by atoms with Gasteiger partial charge >= 0.3 is 0 Å². The Hall–Kier alpha value is -3.14. The number of amides is 1. The summed E-state index contributed by atoms with van der Waals surface area (Å²) < 4.78 is 2.41. The molecule has 0 aliphatic heterocycles. The maximum Gasteiger partial charge on any atom is 0.269 e. The summed E-state index contributed by atoms with van der Waals surface area (Å²) in [5, 5.41) is 23.0. The van der Waals surface area contributed by atoms with Gasteiger partial charge in [0.25, 0.3) is 5.69 Å². The lowest BCUT2D eigenvalue weighted by molar-refractivity contribution is -0.384. The largest absolute Gasteiger partial charge is 0.332 e. The van der Waals surface area contributed by atoms with Crippen LogP contribution in [0.5, 0.6) is 0 Å². The van der Waals surface area contributed by atoms with E-state index in [1.54, 1.807) is 19.2 Å². The summed E-state index contributed by atoms with van der Waals surface area (Å²) in [6.45, 7) is 1.41. The van der Waals surface area contributed by atoms with Crippen LogP contribution < -0.4 is 0 Å². The number of hydrogen-bond donors (Lipinski definition) is 0. The van der Waals surface area contributed by atoms with E-state index in [-0.39, 0.29) is 11.6 Å². The SMILES string of the molecule is CC(=O)N(C)C(c1cccc([N+](=O)[O-])c1)c1nnnn1-c1ccc(Br)cc1. The number of nitro benzene ring substituents is 1. The van der Waals surface area contributed by atoms with E-state index < -0.39 is 11.0 Å². The molecule has 27 heavy (non-hydrogen) atoms. The molecule has 1 heterocycles. The monoisotopic (exact) mass is 430 g/mol. The Morgan fingerprint density at radius 2 is 1.96 bits per heavy atom. The Morgan fingerprint density at radius 3 is 2.59 bits per heavy atom. The highest BCUT2D eigenvalue weighted by molar-refractivity contribution is 9.10. The highest BCUT2D eigenvalue weighted by Gasteiger charge is 2.29. The van der Waals surface area contributed by atoms with Crippen LogP contribution in [0, 0.1) is 10.1 Å². The van der Waals surface area contributed by atoms with Gasteiger partial charge in [0, 0.05) is 30.6 Å². The van der Waals surface area contributed by atoms with Gasteiger partial charge in [-0.2, -0.15) is 4.68 Å². The first-order chi connectivity index (χ1) is 12.9. The van der Waals surface area contributed by atoms with Crippen LogP contribution in [-0.2, 0) is 4.79 Å². The molecule has 10 heteroatoms. The Balaban J connectivity index is 2.15. The highest BCUT2D eigenvalue weighted by Crippen LogP contribution is 2.29. The highest BCUT2D eigenvalue weighted by atomic mass is 79.9. The molecule has 0 bridgehead atoms. The van der Waals surface area contributed by atoms with Gasteiger partial charge in [-0.15, -0.1) is 5.10 Å². The fourth-order valence-corrected chi connectivity index (χ4v) is 2.93. The quantitative estimate of drug-likeness (QED) is 0.454. The van der Waals surface area contributed by atoms with Crippen molar-refractivity contribution in [3.8, 4) is 5.69 Å². The molecule has 0 saturated carbocycles. The van der Waals surface area contributed by atoms with Crippen molar-refractivity contribution < 1.29 is 9.72 Å². The zero-order valence-electron chi connectivity index (χ0n) is 14.5. The normalized spacial score (nSPS) is 11.8. The van der Waals surface area contributed by atoms with Gasteiger partial charge in [0.2, 0.25) is 5.91 Å². The van der Waals surface area contributed by atoms with Crippen molar-refractivity contribution in [1.29, 1.82) is 0 Å². The fraction of sp³-hybridized carbons (Fsp3) is 0.176. The molecular weight excluding hydrogens is 416 g/mol. The number of rotatable bonds is 5. The number of carbonyl (C=O) groups excluding carboxylic acids is 1. The summed E-state index contributed by atoms with van der Waals surface area (Å²) in [5.74, 6) is 0.146. The summed E-state index contributed by atoms with van der Waals surface area (Å²) in [5.41, 5.74) is 1.16. The number of nitro groups is 1. The standard InChI is InChI=1S/C17H15BrN6O3/c1-11(25)22(2)16(12-4-3-5-15(10-12)24(26)27)17-19-20-21-23(17)14-8-6-13(18)7-9-14/h3-10,16H,1-2H3. The lowest BCUT2D eigenvalue weighted by atomic mass is 10.0. The van der Waals surface area contributed by atoms with Crippen LogP contribution in [0.1, 0.15) is 24.4 Å². The number of nitrogens with zero attached hydrogens (tertiary/aromatic N) is 6. The minimum Gasteiger partial charge on any atom is -0.332 e. The van der Waals surface area contributed by atoms with Gasteiger partial charge in [0.05, 0.1) is 10.6 Å². The second kappa shape index (κ2) is 7.62. The van der Waals surface area contributed by atoms with Crippen molar-refractivity contribution in [2.75, 3.05) is 7.05 Å². The number of aromatic nitrogens is 4. The molecule has 1 aromatic heterocycles. The molecule has 0 aliphatic carbocycles. The minimum atomic E-state index is -0.693. The van der Waals surface area contributed by atoms with Crippen LogP contribution in [0.15, 0.2) is 53.0 Å². The molecule has 0 N–H and O–H groups in total. The van der Waals surface area contributed by atoms with E-state index in [0.29, 0.717) is 17.1 Å². The van der Waals surface area contributed by atoms with E-state index in [2.05, 4.69) is 31.5 Å². The number of benzene rings is 2. The summed E-state index contributed by atoms with van der Waals surface area (Å²) in [4.78, 5) is 24.2. The van der Waals surface area contributed by atoms with E-state index in [1.807, 2.05) is 24.3 Å². The van der Waals surface area contributed by atoms with Crippen LogP contribution in [-0.4, -0.2) is 43.0 Å². The van der Waals surface area contributed by atoms with Crippen LogP contribution in [0.4, 0.5) is 5.69 Å². The maximum atomic E-state index is 12.1. The number of halogens is 1. The zero-order chi connectivity index (χ0) is 19.6. The summed E-state index contributed by atoms with van der Waals surface area (Å²) in [7, 11) is 1.60. The molecule has 138 valence electrons. The Labute approximate surface area is 162 Å². The smallest absolute Gasteiger partial charge is 0.269 e. The topological polar surface area (TPSA) is 107 Å². The van der Waals surface area contributed by atoms with Crippen LogP contribution in [0.2, 0.25) is 0 Å². The van der Waals surface area contributed by atoms with Crippen LogP contribution in [0.25, 0.3) is 5.69 Å². The zero-order valence-corrected chi connectivity index (χ0v) is 16.1. The molecule has 0 aliphatic rings. The fourth-order valence-electron chi connectivity index (χ4n) is 2.67. The van der Waals surface area contributed by atoms with Crippen molar-refractivity contribution in [1.82, 2.24) is 25.1 Å². The lowest BCUT2D eigenvalue weighted by Crippen LogP contribution is -2.32. The molecule has 0 radical (unpaired) electrons. The van der Waals surface area contributed by atoms with Gasteiger partial charge in [-0.05, 0) is 40.3 Å². The van der Waals surface area contributed by atoms with Gasteiger partial charge in [-0.1, -0.05) is 28.1 Å². The van der Waals surface area contributed by atoms with Gasteiger partial charge in [-0.25, -0.2) is 0 Å². The van der Waals surface area contributed by atoms with Crippen molar-refractivity contribution in [3.05, 3.63) is 74.5 Å². The van der Waals surface area contributed by atoms with Gasteiger partial charge < -0.3 is 4.90 Å². The first-order valence-corrected chi connectivity index (χ1v) is 8.69. The number of hydrogen-bond acceptors (Lipinski definition) is 6. The van der Waals surface area contributed by atoms with Crippen LogP contribution in [0.3, 0.4) is 0 Å². The van der Waals surface area contributed by atoms with E-state index in [9.17, 15) is 14.9 Å². The third-order valence-corrected chi connectivity index (χ3v) is 4.62. The first-order valence-electron chi connectivity index (χ1n) is 7.90. The lowest BCUT2D eigenvalue weighted by Gasteiger charge is -2.26. The minimum absolute atomic E-state index is 0.0721. The predicted octanol–water partition coefficient (Wildman–Crippen LogP) is 2.90. The molecule has 0 fully saturated rings. The molecule has 3 aromatic rings. The Morgan fingerprint density at radius 1 is 1.26 bits per heavy atom. The number of non-ortho nitro benzene ring substituents is 1. The predicted molar refractivity (Wildman–Crippen MR) is 100 cm³/mol. The molecule has 0 spiro atoms. The Kier molecular flexibility index (Phi) is 5.26. The number of tetrazole rings is 1. The summed E-state index contributed by atoms with van der Waals surface area (Å²) >= 11 is 3.38. The molecule has 3 rings (SSSR count). The average molecular weight is 431 g/mol. The van der Waals surface area contributed by atoms with E-state index in [1.165, 1.54) is 28.6 Å². The van der Waals surface area contributed by atoms with Crippen molar-refractivity contribution in [3.63, 3.8) is 0 Å². The van der Waals surface area contributed by atoms with Crippen molar-refractivity contribution in [2.45, 2.75) is 13.0 Å². The summed E-state index contributed by atoms with van der Waals surface area (Å²) in [6, 6.07) is 12.7.